The van der Waals surface area contributed by atoms with Gasteiger partial charge in [0.15, 0.2) is 0 Å². The molecule has 112 valence electrons. The first-order valence-electron chi connectivity index (χ1n) is 6.78. The van der Waals surface area contributed by atoms with E-state index in [-0.39, 0.29) is 6.42 Å². The zero-order chi connectivity index (χ0) is 15.1. The maximum Gasteiger partial charge on any atom is 0.305 e. The summed E-state index contributed by atoms with van der Waals surface area (Å²) in [5.74, 6) is -0.769. The Hall–Kier alpha value is -1.26. The molecule has 1 aromatic carbocycles. The summed E-state index contributed by atoms with van der Waals surface area (Å²) in [7, 11) is 4.07. The van der Waals surface area contributed by atoms with Crippen LogP contribution >= 0.6 is 11.6 Å². The van der Waals surface area contributed by atoms with E-state index in [0.717, 1.165) is 30.8 Å². The normalized spacial score (nSPS) is 10.8. The van der Waals surface area contributed by atoms with Crippen LogP contribution in [0.5, 0.6) is 0 Å². The summed E-state index contributed by atoms with van der Waals surface area (Å²) in [6.45, 7) is 4.34. The second kappa shape index (κ2) is 8.12. The standard InChI is InChI=1S/C15H23ClN2O2/c1-12-11-13(16)5-6-14(12)18(10-7-15(19)20)9-4-8-17(2)3/h5-6,11H,4,7-10H2,1-3H3,(H,19,20). The third-order valence-corrected chi connectivity index (χ3v) is 3.36. The highest BCUT2D eigenvalue weighted by atomic mass is 35.5. The lowest BCUT2D eigenvalue weighted by molar-refractivity contribution is -0.136. The van der Waals surface area contributed by atoms with Crippen LogP contribution in [0.1, 0.15) is 18.4 Å². The molecule has 0 aliphatic carbocycles. The number of hydrogen-bond donors (Lipinski definition) is 1. The molecule has 0 spiro atoms. The maximum atomic E-state index is 10.8. The molecule has 20 heavy (non-hydrogen) atoms. The fourth-order valence-corrected chi connectivity index (χ4v) is 2.36. The average Bonchev–Trinajstić information content (AvgIpc) is 2.33. The van der Waals surface area contributed by atoms with Gasteiger partial charge >= 0.3 is 5.97 Å². The zero-order valence-corrected chi connectivity index (χ0v) is 13.2. The van der Waals surface area contributed by atoms with E-state index >= 15 is 0 Å². The van der Waals surface area contributed by atoms with Crippen molar-refractivity contribution in [3.8, 4) is 0 Å². The van der Waals surface area contributed by atoms with Crippen molar-refractivity contribution in [2.24, 2.45) is 0 Å². The molecule has 0 unspecified atom stereocenters. The second-order valence-electron chi connectivity index (χ2n) is 5.22. The van der Waals surface area contributed by atoms with E-state index in [1.807, 2.05) is 39.2 Å². The van der Waals surface area contributed by atoms with Gasteiger partial charge in [-0.05, 0) is 57.7 Å². The number of carboxylic acids is 1. The van der Waals surface area contributed by atoms with Crippen LogP contribution in [0.3, 0.4) is 0 Å². The van der Waals surface area contributed by atoms with Crippen molar-refractivity contribution >= 4 is 23.3 Å². The molecule has 0 fully saturated rings. The topological polar surface area (TPSA) is 43.8 Å². The van der Waals surface area contributed by atoms with Crippen LogP contribution in [0, 0.1) is 6.92 Å². The van der Waals surface area contributed by atoms with Gasteiger partial charge in [0.05, 0.1) is 6.42 Å². The van der Waals surface area contributed by atoms with Gasteiger partial charge in [0.25, 0.3) is 0 Å². The molecule has 0 aliphatic rings. The summed E-state index contributed by atoms with van der Waals surface area (Å²) < 4.78 is 0. The van der Waals surface area contributed by atoms with Gasteiger partial charge in [-0.15, -0.1) is 0 Å². The Balaban J connectivity index is 2.76. The first-order chi connectivity index (χ1) is 9.40. The predicted molar refractivity (Wildman–Crippen MR) is 83.8 cm³/mol. The van der Waals surface area contributed by atoms with E-state index in [1.54, 1.807) is 0 Å². The number of hydrogen-bond acceptors (Lipinski definition) is 3. The molecule has 0 amide bonds. The lowest BCUT2D eigenvalue weighted by atomic mass is 10.1. The van der Waals surface area contributed by atoms with Crippen molar-refractivity contribution in [3.63, 3.8) is 0 Å². The number of benzene rings is 1. The molecule has 4 nitrogen and oxygen atoms in total. The number of aryl methyl sites for hydroxylation is 1. The van der Waals surface area contributed by atoms with Crippen molar-refractivity contribution < 1.29 is 9.90 Å². The molecule has 0 aliphatic heterocycles. The largest absolute Gasteiger partial charge is 0.481 e. The highest BCUT2D eigenvalue weighted by Crippen LogP contribution is 2.24. The Morgan fingerprint density at radius 1 is 1.25 bits per heavy atom. The van der Waals surface area contributed by atoms with Crippen LogP contribution in [-0.2, 0) is 4.79 Å². The minimum Gasteiger partial charge on any atom is -0.481 e. The van der Waals surface area contributed by atoms with Crippen molar-refractivity contribution in [2.45, 2.75) is 19.8 Å². The van der Waals surface area contributed by atoms with Crippen LogP contribution < -0.4 is 4.90 Å². The van der Waals surface area contributed by atoms with Crippen molar-refractivity contribution in [1.29, 1.82) is 0 Å². The molecule has 0 saturated heterocycles. The quantitative estimate of drug-likeness (QED) is 0.801. The van der Waals surface area contributed by atoms with E-state index in [0.29, 0.717) is 11.6 Å². The molecular formula is C15H23ClN2O2. The molecule has 0 saturated carbocycles. The van der Waals surface area contributed by atoms with Crippen LogP contribution in [0.15, 0.2) is 18.2 Å². The van der Waals surface area contributed by atoms with Crippen LogP contribution in [0.4, 0.5) is 5.69 Å². The highest BCUT2D eigenvalue weighted by Gasteiger charge is 2.11. The predicted octanol–water partition coefficient (Wildman–Crippen LogP) is 2.88. The molecule has 0 heterocycles. The lowest BCUT2D eigenvalue weighted by Gasteiger charge is -2.26. The number of carboxylic acid groups (broad SMARTS) is 1. The first kappa shape index (κ1) is 16.8. The second-order valence-corrected chi connectivity index (χ2v) is 5.65. The monoisotopic (exact) mass is 298 g/mol. The van der Waals surface area contributed by atoms with Crippen molar-refractivity contribution in [3.05, 3.63) is 28.8 Å². The number of halogens is 1. The number of nitrogens with zero attached hydrogens (tertiary/aromatic N) is 2. The maximum absolute atomic E-state index is 10.8. The van der Waals surface area contributed by atoms with Gasteiger partial charge in [-0.3, -0.25) is 4.79 Å². The lowest BCUT2D eigenvalue weighted by Crippen LogP contribution is -2.30. The molecular weight excluding hydrogens is 276 g/mol. The Bertz CT molecular complexity index is 449. The third-order valence-electron chi connectivity index (χ3n) is 3.13. The minimum absolute atomic E-state index is 0.143. The molecule has 0 radical (unpaired) electrons. The van der Waals surface area contributed by atoms with Gasteiger partial charge in [-0.2, -0.15) is 0 Å². The van der Waals surface area contributed by atoms with E-state index in [9.17, 15) is 4.79 Å². The van der Waals surface area contributed by atoms with Crippen molar-refractivity contribution in [1.82, 2.24) is 4.90 Å². The van der Waals surface area contributed by atoms with E-state index in [4.69, 9.17) is 16.7 Å². The summed E-state index contributed by atoms with van der Waals surface area (Å²) in [5.41, 5.74) is 2.14. The average molecular weight is 299 g/mol. The summed E-state index contributed by atoms with van der Waals surface area (Å²) in [6.07, 6.45) is 1.14. The third kappa shape index (κ3) is 5.80. The first-order valence-corrected chi connectivity index (χ1v) is 7.15. The van der Waals surface area contributed by atoms with Crippen LogP contribution in [0.2, 0.25) is 5.02 Å². The van der Waals surface area contributed by atoms with E-state index in [1.165, 1.54) is 0 Å². The number of anilines is 1. The molecule has 0 bridgehead atoms. The van der Waals surface area contributed by atoms with Gasteiger partial charge in [0.2, 0.25) is 0 Å². The summed E-state index contributed by atoms with van der Waals surface area (Å²) in [6, 6.07) is 5.73. The molecule has 1 N–H and O–H groups in total. The Kier molecular flexibility index (Phi) is 6.82. The van der Waals surface area contributed by atoms with Gasteiger partial charge in [0, 0.05) is 23.8 Å². The Morgan fingerprint density at radius 2 is 1.95 bits per heavy atom. The molecule has 5 heteroatoms. The fourth-order valence-electron chi connectivity index (χ4n) is 2.13. The Morgan fingerprint density at radius 3 is 2.50 bits per heavy atom. The van der Waals surface area contributed by atoms with Crippen molar-refractivity contribution in [2.75, 3.05) is 38.6 Å². The minimum atomic E-state index is -0.769. The SMILES string of the molecule is Cc1cc(Cl)ccc1N(CCCN(C)C)CCC(=O)O. The van der Waals surface area contributed by atoms with E-state index in [2.05, 4.69) is 9.80 Å². The summed E-state index contributed by atoms with van der Waals surface area (Å²) in [5, 5.41) is 9.59. The van der Waals surface area contributed by atoms with Crippen LogP contribution in [0.25, 0.3) is 0 Å². The van der Waals surface area contributed by atoms with Gasteiger partial charge in [-0.25, -0.2) is 0 Å². The zero-order valence-electron chi connectivity index (χ0n) is 12.4. The van der Waals surface area contributed by atoms with E-state index < -0.39 is 5.97 Å². The number of carbonyl (C=O) groups is 1. The van der Waals surface area contributed by atoms with Gasteiger partial charge < -0.3 is 14.9 Å². The molecule has 0 aromatic heterocycles. The molecule has 0 atom stereocenters. The fraction of sp³-hybridized carbons (Fsp3) is 0.533. The van der Waals surface area contributed by atoms with Gasteiger partial charge in [0.1, 0.15) is 0 Å². The number of rotatable bonds is 8. The highest BCUT2D eigenvalue weighted by molar-refractivity contribution is 6.30. The molecule has 1 rings (SSSR count). The van der Waals surface area contributed by atoms with Gasteiger partial charge in [-0.1, -0.05) is 11.6 Å². The summed E-state index contributed by atoms with van der Waals surface area (Å²) in [4.78, 5) is 15.1. The number of aliphatic carboxylic acids is 1. The summed E-state index contributed by atoms with van der Waals surface area (Å²) >= 11 is 5.98. The van der Waals surface area contributed by atoms with Crippen LogP contribution in [-0.4, -0.2) is 49.7 Å². The smallest absolute Gasteiger partial charge is 0.305 e. The molecule has 1 aromatic rings. The Labute approximate surface area is 125 Å².